The molecule has 22 heavy (non-hydrogen) atoms. The highest BCUT2D eigenvalue weighted by atomic mass is 16.2. The van der Waals surface area contributed by atoms with Crippen molar-refractivity contribution in [3.8, 4) is 0 Å². The summed E-state index contributed by atoms with van der Waals surface area (Å²) in [4.78, 5) is 26.7. The molecule has 2 heterocycles. The number of carbonyl (C=O) groups is 1. The molecular formula is C15H14N6O. The number of rotatable bonds is 2. The van der Waals surface area contributed by atoms with Gasteiger partial charge in [0.05, 0.1) is 5.69 Å². The second-order valence-electron chi connectivity index (χ2n) is 4.74. The van der Waals surface area contributed by atoms with Crippen LogP contribution >= 0.6 is 0 Å². The highest BCUT2D eigenvalue weighted by molar-refractivity contribution is 5.98. The normalized spacial score (nSPS) is 10.5. The zero-order chi connectivity index (χ0) is 15.5. The first-order valence-electron chi connectivity index (χ1n) is 6.71. The highest BCUT2D eigenvalue weighted by Gasteiger charge is 2.23. The third-order valence-electron chi connectivity index (χ3n) is 2.99. The molecule has 0 saturated heterocycles. The molecule has 0 saturated carbocycles. The molecule has 0 aliphatic heterocycles. The Labute approximate surface area is 127 Å². The van der Waals surface area contributed by atoms with Crippen molar-refractivity contribution in [2.45, 2.75) is 13.8 Å². The largest absolute Gasteiger partial charge is 0.357 e. The van der Waals surface area contributed by atoms with Crippen molar-refractivity contribution in [3.63, 3.8) is 0 Å². The first-order chi connectivity index (χ1) is 10.6. The zero-order valence-corrected chi connectivity index (χ0v) is 12.2. The van der Waals surface area contributed by atoms with Crippen LogP contribution in [0.25, 0.3) is 0 Å². The molecule has 0 aliphatic rings. The molecule has 110 valence electrons. The fourth-order valence-corrected chi connectivity index (χ4v) is 2.11. The number of hydrogen-bond acceptors (Lipinski definition) is 5. The summed E-state index contributed by atoms with van der Waals surface area (Å²) in [6.07, 6.45) is 2.66. The van der Waals surface area contributed by atoms with E-state index in [1.165, 1.54) is 17.6 Å². The van der Waals surface area contributed by atoms with Gasteiger partial charge in [-0.25, -0.2) is 24.6 Å². The molecule has 7 nitrogen and oxygen atoms in total. The first kappa shape index (κ1) is 13.9. The van der Waals surface area contributed by atoms with Gasteiger partial charge in [0.25, 0.3) is 0 Å². The average Bonchev–Trinajstić information content (AvgIpc) is 3.02. The maximum absolute atomic E-state index is 12.7. The van der Waals surface area contributed by atoms with Gasteiger partial charge in [-0.1, -0.05) is 18.2 Å². The van der Waals surface area contributed by atoms with E-state index >= 15 is 0 Å². The summed E-state index contributed by atoms with van der Waals surface area (Å²) in [5.74, 6) is 0.309. The molecule has 0 N–H and O–H groups in total. The van der Waals surface area contributed by atoms with Gasteiger partial charge in [0, 0.05) is 11.4 Å². The van der Waals surface area contributed by atoms with Crippen molar-refractivity contribution in [1.29, 1.82) is 0 Å². The van der Waals surface area contributed by atoms with Gasteiger partial charge in [-0.3, -0.25) is 0 Å². The molecule has 0 bridgehead atoms. The second-order valence-corrected chi connectivity index (χ2v) is 4.74. The molecule has 1 amide bonds. The van der Waals surface area contributed by atoms with E-state index in [1.54, 1.807) is 0 Å². The summed E-state index contributed by atoms with van der Waals surface area (Å²) in [7, 11) is 0. The third-order valence-corrected chi connectivity index (χ3v) is 2.99. The van der Waals surface area contributed by atoms with E-state index in [0.717, 1.165) is 16.1 Å². The molecule has 2 aromatic heterocycles. The summed E-state index contributed by atoms with van der Waals surface area (Å²) < 4.78 is 1.15. The Morgan fingerprint density at radius 2 is 1.77 bits per heavy atom. The molecule has 0 radical (unpaired) electrons. The van der Waals surface area contributed by atoms with Crippen molar-refractivity contribution in [1.82, 2.24) is 24.7 Å². The SMILES string of the molecule is Cc1cc(C)nc(N(C(=O)n2cncn2)c2ccccc2)n1. The maximum atomic E-state index is 12.7. The van der Waals surface area contributed by atoms with Crippen molar-refractivity contribution in [2.75, 3.05) is 4.90 Å². The zero-order valence-electron chi connectivity index (χ0n) is 12.2. The lowest BCUT2D eigenvalue weighted by atomic mass is 10.3. The van der Waals surface area contributed by atoms with Crippen LogP contribution in [-0.4, -0.2) is 30.8 Å². The molecule has 0 atom stereocenters. The van der Waals surface area contributed by atoms with E-state index in [2.05, 4.69) is 20.1 Å². The molecule has 0 fully saturated rings. The van der Waals surface area contributed by atoms with Crippen LogP contribution in [-0.2, 0) is 0 Å². The minimum Gasteiger partial charge on any atom is -0.245 e. The average molecular weight is 294 g/mol. The molecule has 0 spiro atoms. The smallest absolute Gasteiger partial charge is 0.245 e. The minimum absolute atomic E-state index is 0.309. The summed E-state index contributed by atoms with van der Waals surface area (Å²) in [6.45, 7) is 3.72. The van der Waals surface area contributed by atoms with Crippen LogP contribution in [0.5, 0.6) is 0 Å². The number of carbonyl (C=O) groups excluding carboxylic acids is 1. The molecule has 1 aromatic carbocycles. The second kappa shape index (κ2) is 5.72. The van der Waals surface area contributed by atoms with Gasteiger partial charge in [0.15, 0.2) is 0 Å². The number of benzene rings is 1. The van der Waals surface area contributed by atoms with E-state index in [0.29, 0.717) is 11.6 Å². The Bertz CT molecular complexity index is 765. The number of para-hydroxylation sites is 1. The van der Waals surface area contributed by atoms with Gasteiger partial charge in [0.2, 0.25) is 5.95 Å². The molecule has 3 aromatic rings. The minimum atomic E-state index is -0.395. The Kier molecular flexibility index (Phi) is 3.61. The van der Waals surface area contributed by atoms with E-state index in [4.69, 9.17) is 0 Å². The number of anilines is 2. The van der Waals surface area contributed by atoms with Crippen LogP contribution in [0.15, 0.2) is 49.1 Å². The summed E-state index contributed by atoms with van der Waals surface area (Å²) in [6, 6.07) is 10.7. The Balaban J connectivity index is 2.13. The van der Waals surface area contributed by atoms with Crippen LogP contribution in [0.2, 0.25) is 0 Å². The van der Waals surface area contributed by atoms with E-state index < -0.39 is 6.03 Å². The van der Waals surface area contributed by atoms with E-state index in [9.17, 15) is 4.79 Å². The van der Waals surface area contributed by atoms with E-state index in [1.807, 2.05) is 50.2 Å². The predicted octanol–water partition coefficient (Wildman–Crippen LogP) is 2.49. The van der Waals surface area contributed by atoms with Gasteiger partial charge >= 0.3 is 6.03 Å². The third kappa shape index (κ3) is 2.69. The Morgan fingerprint density at radius 3 is 2.36 bits per heavy atom. The fraction of sp³-hybridized carbons (Fsp3) is 0.133. The van der Waals surface area contributed by atoms with Crippen molar-refractivity contribution in [3.05, 3.63) is 60.4 Å². The number of amides is 1. The maximum Gasteiger partial charge on any atom is 0.357 e. The van der Waals surface area contributed by atoms with Gasteiger partial charge < -0.3 is 0 Å². The molecule has 3 rings (SSSR count). The monoisotopic (exact) mass is 294 g/mol. The van der Waals surface area contributed by atoms with Gasteiger partial charge in [-0.05, 0) is 32.0 Å². The van der Waals surface area contributed by atoms with Crippen LogP contribution < -0.4 is 4.90 Å². The summed E-state index contributed by atoms with van der Waals surface area (Å²) >= 11 is 0. The fourth-order valence-electron chi connectivity index (χ4n) is 2.11. The molecular weight excluding hydrogens is 280 g/mol. The Hall–Kier alpha value is -3.09. The van der Waals surface area contributed by atoms with Crippen molar-refractivity contribution < 1.29 is 4.79 Å². The van der Waals surface area contributed by atoms with Crippen LogP contribution in [0.4, 0.5) is 16.4 Å². The summed E-state index contributed by atoms with van der Waals surface area (Å²) in [5.41, 5.74) is 2.23. The van der Waals surface area contributed by atoms with Crippen LogP contribution in [0.3, 0.4) is 0 Å². The van der Waals surface area contributed by atoms with Gasteiger partial charge in [-0.2, -0.15) is 9.78 Å². The van der Waals surface area contributed by atoms with E-state index in [-0.39, 0.29) is 0 Å². The lowest BCUT2D eigenvalue weighted by molar-refractivity contribution is 0.247. The molecule has 0 aliphatic carbocycles. The number of nitrogens with zero attached hydrogens (tertiary/aromatic N) is 6. The summed E-state index contributed by atoms with van der Waals surface area (Å²) in [5, 5.41) is 3.89. The quantitative estimate of drug-likeness (QED) is 0.725. The standard InChI is InChI=1S/C15H14N6O/c1-11-8-12(2)19-14(18-11)21(13-6-4-3-5-7-13)15(22)20-10-16-9-17-20/h3-10H,1-2H3. The predicted molar refractivity (Wildman–Crippen MR) is 80.9 cm³/mol. The lowest BCUT2D eigenvalue weighted by Crippen LogP contribution is -2.32. The van der Waals surface area contributed by atoms with Crippen molar-refractivity contribution >= 4 is 17.7 Å². The highest BCUT2D eigenvalue weighted by Crippen LogP contribution is 2.23. The number of hydrogen-bond donors (Lipinski definition) is 0. The van der Waals surface area contributed by atoms with Crippen LogP contribution in [0, 0.1) is 13.8 Å². The van der Waals surface area contributed by atoms with Gasteiger partial charge in [-0.15, -0.1) is 0 Å². The molecule has 7 heteroatoms. The first-order valence-corrected chi connectivity index (χ1v) is 6.71. The van der Waals surface area contributed by atoms with Gasteiger partial charge in [0.1, 0.15) is 12.7 Å². The molecule has 0 unspecified atom stereocenters. The van der Waals surface area contributed by atoms with Crippen LogP contribution in [0.1, 0.15) is 11.4 Å². The number of aromatic nitrogens is 5. The number of aryl methyl sites for hydroxylation is 2. The topological polar surface area (TPSA) is 76.8 Å². The lowest BCUT2D eigenvalue weighted by Gasteiger charge is -2.20. The van der Waals surface area contributed by atoms with Crippen molar-refractivity contribution in [2.24, 2.45) is 0 Å². The Morgan fingerprint density at radius 1 is 1.09 bits per heavy atom.